The highest BCUT2D eigenvalue weighted by molar-refractivity contribution is 8.00. The summed E-state index contributed by atoms with van der Waals surface area (Å²) in [5, 5.41) is 0. The third-order valence-corrected chi connectivity index (χ3v) is 4.66. The molecule has 0 radical (unpaired) electrons. The molecule has 1 aliphatic rings. The summed E-state index contributed by atoms with van der Waals surface area (Å²) in [6.45, 7) is 9.70. The first kappa shape index (κ1) is 17.3. The summed E-state index contributed by atoms with van der Waals surface area (Å²) in [4.78, 5) is 18.7. The molecule has 0 aliphatic carbocycles. The van der Waals surface area contributed by atoms with E-state index < -0.39 is 0 Å². The Kier molecular flexibility index (Phi) is 5.52. The zero-order valence-corrected chi connectivity index (χ0v) is 14.7. The van der Waals surface area contributed by atoms with Gasteiger partial charge in [-0.05, 0) is 33.8 Å². The maximum atomic E-state index is 12.3. The second-order valence-electron chi connectivity index (χ2n) is 6.20. The first-order valence-corrected chi connectivity index (χ1v) is 8.54. The Bertz CT molecular complexity index is 556. The Balaban J connectivity index is 2.19. The number of thioether (sulfide) groups is 1. The molecule has 1 saturated heterocycles. The van der Waals surface area contributed by atoms with E-state index in [0.29, 0.717) is 12.4 Å². The third-order valence-electron chi connectivity index (χ3n) is 3.56. The van der Waals surface area contributed by atoms with Crippen LogP contribution in [0.2, 0.25) is 0 Å². The summed E-state index contributed by atoms with van der Waals surface area (Å²) < 4.78 is 12.5. The topological polar surface area (TPSA) is 56.6 Å². The molecule has 1 fully saturated rings. The molecule has 7 heteroatoms. The van der Waals surface area contributed by atoms with Crippen molar-refractivity contribution in [3.63, 3.8) is 0 Å². The standard InChI is InChI=1S/C15H25N3O3S/c1-6-18(15(2,3)4)11-7-8-17(14(19)16-11)12-10-22-13(21-12)9-20-5/h7-8,12-13H,6,9-10H2,1-5H3/t12-,13+/m0/s1. The largest absolute Gasteiger partial charge is 0.381 e. The van der Waals surface area contributed by atoms with Gasteiger partial charge in [0, 0.05) is 31.1 Å². The second-order valence-corrected chi connectivity index (χ2v) is 7.39. The van der Waals surface area contributed by atoms with Crippen molar-refractivity contribution >= 4 is 17.6 Å². The SMILES string of the molecule is CCN(c1ccn([C@@H]2CS[C@H](COC)O2)c(=O)n1)C(C)(C)C. The molecule has 124 valence electrons. The summed E-state index contributed by atoms with van der Waals surface area (Å²) in [5.41, 5.74) is -0.379. The van der Waals surface area contributed by atoms with Crippen molar-refractivity contribution in [2.45, 2.75) is 44.9 Å². The number of anilines is 1. The third kappa shape index (κ3) is 3.83. The first-order valence-electron chi connectivity index (χ1n) is 7.49. The second kappa shape index (κ2) is 7.02. The van der Waals surface area contributed by atoms with E-state index >= 15 is 0 Å². The van der Waals surface area contributed by atoms with E-state index in [4.69, 9.17) is 9.47 Å². The van der Waals surface area contributed by atoms with Crippen LogP contribution in [0.15, 0.2) is 17.1 Å². The quantitative estimate of drug-likeness (QED) is 0.825. The zero-order valence-electron chi connectivity index (χ0n) is 13.9. The molecule has 1 aromatic heterocycles. The highest BCUT2D eigenvalue weighted by atomic mass is 32.2. The lowest BCUT2D eigenvalue weighted by Crippen LogP contribution is -2.43. The number of nitrogens with zero attached hydrogens (tertiary/aromatic N) is 3. The number of rotatable bonds is 5. The minimum absolute atomic E-state index is 0.0247. The summed E-state index contributed by atoms with van der Waals surface area (Å²) in [7, 11) is 1.64. The minimum Gasteiger partial charge on any atom is -0.381 e. The summed E-state index contributed by atoms with van der Waals surface area (Å²) in [5.74, 6) is 1.43. The van der Waals surface area contributed by atoms with Crippen molar-refractivity contribution in [2.75, 3.05) is 30.9 Å². The van der Waals surface area contributed by atoms with Gasteiger partial charge in [0.25, 0.3) is 0 Å². The smallest absolute Gasteiger partial charge is 0.351 e. The molecule has 0 bridgehead atoms. The number of hydrogen-bond acceptors (Lipinski definition) is 6. The molecule has 0 amide bonds. The first-order chi connectivity index (χ1) is 10.4. The fourth-order valence-electron chi connectivity index (χ4n) is 2.57. The summed E-state index contributed by atoms with van der Waals surface area (Å²) in [6, 6.07) is 1.88. The normalized spacial score (nSPS) is 22.0. The van der Waals surface area contributed by atoms with Crippen molar-refractivity contribution < 1.29 is 9.47 Å². The molecule has 0 spiro atoms. The van der Waals surface area contributed by atoms with E-state index in [1.54, 1.807) is 29.6 Å². The van der Waals surface area contributed by atoms with Gasteiger partial charge >= 0.3 is 5.69 Å². The van der Waals surface area contributed by atoms with Gasteiger partial charge in [0.15, 0.2) is 0 Å². The van der Waals surface area contributed by atoms with Crippen molar-refractivity contribution in [2.24, 2.45) is 0 Å². The van der Waals surface area contributed by atoms with Gasteiger partial charge in [0.1, 0.15) is 17.5 Å². The molecule has 22 heavy (non-hydrogen) atoms. The summed E-state index contributed by atoms with van der Waals surface area (Å²) >= 11 is 1.65. The van der Waals surface area contributed by atoms with Crippen LogP contribution in [0.1, 0.15) is 33.9 Å². The predicted molar refractivity (Wildman–Crippen MR) is 89.5 cm³/mol. The van der Waals surface area contributed by atoms with Gasteiger partial charge in [-0.15, -0.1) is 11.8 Å². The Morgan fingerprint density at radius 2 is 2.27 bits per heavy atom. The van der Waals surface area contributed by atoms with Crippen molar-refractivity contribution in [3.05, 3.63) is 22.7 Å². The van der Waals surface area contributed by atoms with Crippen molar-refractivity contribution in [3.8, 4) is 0 Å². The molecule has 0 saturated carbocycles. The molecule has 0 aromatic carbocycles. The summed E-state index contributed by atoms with van der Waals surface area (Å²) in [6.07, 6.45) is 1.50. The van der Waals surface area contributed by atoms with E-state index in [-0.39, 0.29) is 22.9 Å². The molecular weight excluding hydrogens is 302 g/mol. The Labute approximate surface area is 135 Å². The Morgan fingerprint density at radius 3 is 2.82 bits per heavy atom. The van der Waals surface area contributed by atoms with E-state index in [1.165, 1.54) is 0 Å². The van der Waals surface area contributed by atoms with Gasteiger partial charge in [-0.1, -0.05) is 0 Å². The van der Waals surface area contributed by atoms with E-state index in [0.717, 1.165) is 12.3 Å². The fraction of sp³-hybridized carbons (Fsp3) is 0.733. The van der Waals surface area contributed by atoms with E-state index in [2.05, 4.69) is 37.6 Å². The lowest BCUT2D eigenvalue weighted by Gasteiger charge is -2.35. The predicted octanol–water partition coefficient (Wildman–Crippen LogP) is 2.10. The molecule has 0 N–H and O–H groups in total. The van der Waals surface area contributed by atoms with Crippen LogP contribution in [0.25, 0.3) is 0 Å². The highest BCUT2D eigenvalue weighted by Gasteiger charge is 2.28. The molecular formula is C15H25N3O3S. The monoisotopic (exact) mass is 327 g/mol. The average molecular weight is 327 g/mol. The van der Waals surface area contributed by atoms with Crippen LogP contribution < -0.4 is 10.6 Å². The van der Waals surface area contributed by atoms with Gasteiger partial charge in [-0.3, -0.25) is 4.57 Å². The minimum atomic E-state index is -0.274. The van der Waals surface area contributed by atoms with Crippen LogP contribution in [0.4, 0.5) is 5.82 Å². The lowest BCUT2D eigenvalue weighted by molar-refractivity contribution is -0.0152. The highest BCUT2D eigenvalue weighted by Crippen LogP contribution is 2.31. The molecule has 1 aromatic rings. The molecule has 2 atom stereocenters. The zero-order chi connectivity index (χ0) is 16.3. The molecule has 1 aliphatic heterocycles. The van der Waals surface area contributed by atoms with Gasteiger partial charge in [0.2, 0.25) is 0 Å². The van der Waals surface area contributed by atoms with Crippen LogP contribution in [0.3, 0.4) is 0 Å². The molecule has 2 rings (SSSR count). The van der Waals surface area contributed by atoms with Crippen LogP contribution >= 0.6 is 11.8 Å². The number of ether oxygens (including phenoxy) is 2. The molecule has 6 nitrogen and oxygen atoms in total. The van der Waals surface area contributed by atoms with Gasteiger partial charge in [-0.25, -0.2) is 4.79 Å². The van der Waals surface area contributed by atoms with Crippen LogP contribution in [-0.2, 0) is 9.47 Å². The fourth-order valence-corrected chi connectivity index (χ4v) is 3.62. The average Bonchev–Trinajstić information content (AvgIpc) is 2.87. The van der Waals surface area contributed by atoms with Gasteiger partial charge in [0.05, 0.1) is 6.61 Å². The number of aromatic nitrogens is 2. The van der Waals surface area contributed by atoms with Crippen LogP contribution in [-0.4, -0.2) is 46.5 Å². The van der Waals surface area contributed by atoms with Crippen LogP contribution in [0, 0.1) is 0 Å². The molecule has 0 unspecified atom stereocenters. The van der Waals surface area contributed by atoms with Gasteiger partial charge in [-0.2, -0.15) is 4.98 Å². The Hall–Kier alpha value is -1.05. The van der Waals surface area contributed by atoms with Crippen molar-refractivity contribution in [1.82, 2.24) is 9.55 Å². The number of methoxy groups -OCH3 is 1. The van der Waals surface area contributed by atoms with Crippen molar-refractivity contribution in [1.29, 1.82) is 0 Å². The number of hydrogen-bond donors (Lipinski definition) is 0. The van der Waals surface area contributed by atoms with E-state index in [1.807, 2.05) is 6.07 Å². The maximum absolute atomic E-state index is 12.3. The molecule has 2 heterocycles. The van der Waals surface area contributed by atoms with E-state index in [9.17, 15) is 4.79 Å². The maximum Gasteiger partial charge on any atom is 0.351 e. The van der Waals surface area contributed by atoms with Crippen LogP contribution in [0.5, 0.6) is 0 Å². The lowest BCUT2D eigenvalue weighted by atomic mass is 10.1. The Morgan fingerprint density at radius 1 is 1.55 bits per heavy atom. The van der Waals surface area contributed by atoms with Gasteiger partial charge < -0.3 is 14.4 Å².